The van der Waals surface area contributed by atoms with E-state index in [0.29, 0.717) is 16.9 Å². The predicted molar refractivity (Wildman–Crippen MR) is 96.2 cm³/mol. The Balaban J connectivity index is 2.51. The van der Waals surface area contributed by atoms with E-state index >= 15 is 0 Å². The van der Waals surface area contributed by atoms with Crippen LogP contribution in [0.25, 0.3) is 10.2 Å². The number of fused-ring (bicyclic) bond motifs is 1. The van der Waals surface area contributed by atoms with Crippen molar-refractivity contribution < 1.29 is 19.1 Å². The number of nitrogens with zero attached hydrogens (tertiary/aromatic N) is 2. The first-order valence-electron chi connectivity index (χ1n) is 8.00. The number of nitrogens with one attached hydrogen (secondary N) is 1. The summed E-state index contributed by atoms with van der Waals surface area (Å²) < 4.78 is 7.21. The van der Waals surface area contributed by atoms with E-state index in [4.69, 9.17) is 4.74 Å². The highest BCUT2D eigenvalue weighted by molar-refractivity contribution is 7.16. The van der Waals surface area contributed by atoms with Gasteiger partial charge in [-0.25, -0.2) is 0 Å². The molecule has 1 aromatic heterocycles. The minimum absolute atomic E-state index is 0.0319. The molecule has 0 aliphatic carbocycles. The van der Waals surface area contributed by atoms with Crippen molar-refractivity contribution in [1.29, 1.82) is 0 Å². The lowest BCUT2D eigenvalue weighted by Crippen LogP contribution is -2.22. The van der Waals surface area contributed by atoms with E-state index in [1.165, 1.54) is 25.4 Å². The number of anilines is 1. The molecule has 2 amide bonds. The summed E-state index contributed by atoms with van der Waals surface area (Å²) in [6.45, 7) is 3.41. The van der Waals surface area contributed by atoms with Crippen molar-refractivity contribution in [2.24, 2.45) is 4.99 Å². The molecule has 8 heteroatoms. The fraction of sp³-hybridized carbons (Fsp3) is 0.412. The third-order valence-electron chi connectivity index (χ3n) is 3.48. The molecule has 134 valence electrons. The third kappa shape index (κ3) is 4.99. The molecule has 25 heavy (non-hydrogen) atoms. The minimum atomic E-state index is -0.423. The molecule has 0 aliphatic rings. The number of carbonyl (C=O) groups excluding carboxylic acids is 3. The van der Waals surface area contributed by atoms with Crippen LogP contribution in [0.1, 0.15) is 33.1 Å². The lowest BCUT2D eigenvalue weighted by molar-refractivity contribution is -0.141. The monoisotopic (exact) mass is 363 g/mol. The molecule has 0 saturated heterocycles. The molecule has 1 heterocycles. The van der Waals surface area contributed by atoms with Crippen LogP contribution in [-0.4, -0.2) is 29.5 Å². The van der Waals surface area contributed by atoms with Crippen LogP contribution in [0, 0.1) is 0 Å². The summed E-state index contributed by atoms with van der Waals surface area (Å²) in [7, 11) is 1.32. The molecule has 0 atom stereocenters. The van der Waals surface area contributed by atoms with Crippen LogP contribution in [0.2, 0.25) is 0 Å². The summed E-state index contributed by atoms with van der Waals surface area (Å²) in [5.41, 5.74) is 1.40. The number of hydrogen-bond acceptors (Lipinski definition) is 5. The molecule has 2 rings (SSSR count). The number of carbonyl (C=O) groups is 3. The maximum absolute atomic E-state index is 12.0. The number of amides is 2. The smallest absolute Gasteiger partial charge is 0.325 e. The zero-order chi connectivity index (χ0) is 18.4. The van der Waals surface area contributed by atoms with Crippen LogP contribution in [0.15, 0.2) is 23.2 Å². The van der Waals surface area contributed by atoms with Crippen LogP contribution in [0.3, 0.4) is 0 Å². The van der Waals surface area contributed by atoms with Crippen LogP contribution in [0.5, 0.6) is 0 Å². The molecule has 0 saturated carbocycles. The standard InChI is InChI=1S/C17H21N3O4S/c1-4-5-6-15(22)19-17-20(10-16(23)24-3)13-8-7-12(18-11(2)21)9-14(13)25-17/h7-9H,4-6,10H2,1-3H3,(H,18,21). The van der Waals surface area contributed by atoms with Crippen molar-refractivity contribution in [3.63, 3.8) is 0 Å². The van der Waals surface area contributed by atoms with E-state index in [1.54, 1.807) is 22.8 Å². The maximum atomic E-state index is 12.0. The minimum Gasteiger partial charge on any atom is -0.468 e. The molecular weight excluding hydrogens is 342 g/mol. The lowest BCUT2D eigenvalue weighted by atomic mass is 10.2. The van der Waals surface area contributed by atoms with Gasteiger partial charge < -0.3 is 14.6 Å². The molecule has 1 N–H and O–H groups in total. The fourth-order valence-electron chi connectivity index (χ4n) is 2.28. The molecule has 0 radical (unpaired) electrons. The van der Waals surface area contributed by atoms with Gasteiger partial charge in [-0.3, -0.25) is 14.4 Å². The quantitative estimate of drug-likeness (QED) is 0.798. The average molecular weight is 363 g/mol. The van der Waals surface area contributed by atoms with Gasteiger partial charge in [0.15, 0.2) is 4.80 Å². The average Bonchev–Trinajstić information content (AvgIpc) is 2.88. The van der Waals surface area contributed by atoms with E-state index in [0.717, 1.165) is 23.1 Å². The Labute approximate surface area is 149 Å². The Morgan fingerprint density at radius 3 is 2.72 bits per heavy atom. The first kappa shape index (κ1) is 18.9. The fourth-order valence-corrected chi connectivity index (χ4v) is 3.36. The lowest BCUT2D eigenvalue weighted by Gasteiger charge is -2.05. The van der Waals surface area contributed by atoms with Gasteiger partial charge in [0.05, 0.1) is 17.3 Å². The van der Waals surface area contributed by atoms with Crippen LogP contribution >= 0.6 is 11.3 Å². The number of aromatic nitrogens is 1. The highest BCUT2D eigenvalue weighted by Crippen LogP contribution is 2.22. The van der Waals surface area contributed by atoms with E-state index in [9.17, 15) is 14.4 Å². The second-order valence-electron chi connectivity index (χ2n) is 5.52. The van der Waals surface area contributed by atoms with Gasteiger partial charge in [-0.2, -0.15) is 4.99 Å². The Kier molecular flexibility index (Phi) is 6.46. The number of methoxy groups -OCH3 is 1. The highest BCUT2D eigenvalue weighted by atomic mass is 32.1. The van der Waals surface area contributed by atoms with Gasteiger partial charge in [0.2, 0.25) is 11.8 Å². The second kappa shape index (κ2) is 8.57. The SMILES string of the molecule is CCCCC(=O)N=c1sc2cc(NC(C)=O)ccc2n1CC(=O)OC. The van der Waals surface area contributed by atoms with Crippen LogP contribution in [0.4, 0.5) is 5.69 Å². The van der Waals surface area contributed by atoms with E-state index in [-0.39, 0.29) is 18.4 Å². The van der Waals surface area contributed by atoms with E-state index in [1.807, 2.05) is 6.92 Å². The van der Waals surface area contributed by atoms with Crippen LogP contribution in [-0.2, 0) is 25.7 Å². The number of benzene rings is 1. The summed E-state index contributed by atoms with van der Waals surface area (Å²) in [5.74, 6) is -0.805. The zero-order valence-corrected chi connectivity index (χ0v) is 15.3. The van der Waals surface area contributed by atoms with Crippen molar-refractivity contribution in [3.05, 3.63) is 23.0 Å². The Hall–Kier alpha value is -2.48. The van der Waals surface area contributed by atoms with Gasteiger partial charge in [0, 0.05) is 19.0 Å². The molecule has 0 bridgehead atoms. The number of ether oxygens (including phenoxy) is 1. The molecule has 2 aromatic rings. The van der Waals surface area contributed by atoms with Crippen molar-refractivity contribution in [2.75, 3.05) is 12.4 Å². The Bertz CT molecular complexity index is 866. The van der Waals surface area contributed by atoms with Gasteiger partial charge >= 0.3 is 5.97 Å². The zero-order valence-electron chi connectivity index (χ0n) is 14.5. The number of thiazole rings is 1. The van der Waals surface area contributed by atoms with Crippen molar-refractivity contribution in [3.8, 4) is 0 Å². The van der Waals surface area contributed by atoms with Gasteiger partial charge in [-0.05, 0) is 24.6 Å². The first-order chi connectivity index (χ1) is 11.9. The maximum Gasteiger partial charge on any atom is 0.325 e. The number of rotatable bonds is 6. The number of hydrogen-bond donors (Lipinski definition) is 1. The predicted octanol–water partition coefficient (Wildman–Crippen LogP) is 2.45. The van der Waals surface area contributed by atoms with Crippen molar-refractivity contribution >= 4 is 45.0 Å². The topological polar surface area (TPSA) is 89.8 Å². The number of unbranched alkanes of at least 4 members (excludes halogenated alkanes) is 1. The summed E-state index contributed by atoms with van der Waals surface area (Å²) in [6.07, 6.45) is 2.06. The third-order valence-corrected chi connectivity index (χ3v) is 4.52. The van der Waals surface area contributed by atoms with Crippen LogP contribution < -0.4 is 10.1 Å². The Morgan fingerprint density at radius 1 is 1.32 bits per heavy atom. The molecular formula is C17H21N3O4S. The molecule has 7 nitrogen and oxygen atoms in total. The largest absolute Gasteiger partial charge is 0.468 e. The Morgan fingerprint density at radius 2 is 2.08 bits per heavy atom. The van der Waals surface area contributed by atoms with Gasteiger partial charge in [-0.15, -0.1) is 0 Å². The molecule has 0 fully saturated rings. The summed E-state index contributed by atoms with van der Waals surface area (Å²) in [6, 6.07) is 5.33. The van der Waals surface area contributed by atoms with E-state index < -0.39 is 5.97 Å². The molecule has 0 unspecified atom stereocenters. The molecule has 1 aromatic carbocycles. The van der Waals surface area contributed by atoms with Crippen molar-refractivity contribution in [1.82, 2.24) is 4.57 Å². The number of esters is 1. The summed E-state index contributed by atoms with van der Waals surface area (Å²) >= 11 is 1.30. The summed E-state index contributed by atoms with van der Waals surface area (Å²) in [5, 5.41) is 2.72. The summed E-state index contributed by atoms with van der Waals surface area (Å²) in [4.78, 5) is 39.6. The second-order valence-corrected chi connectivity index (χ2v) is 6.53. The van der Waals surface area contributed by atoms with Gasteiger partial charge in [0.25, 0.3) is 0 Å². The molecule has 0 spiro atoms. The highest BCUT2D eigenvalue weighted by Gasteiger charge is 2.12. The van der Waals surface area contributed by atoms with Gasteiger partial charge in [-0.1, -0.05) is 24.7 Å². The van der Waals surface area contributed by atoms with E-state index in [2.05, 4.69) is 10.3 Å². The van der Waals surface area contributed by atoms with Gasteiger partial charge in [0.1, 0.15) is 6.54 Å². The normalized spacial score (nSPS) is 11.6. The first-order valence-corrected chi connectivity index (χ1v) is 8.81. The van der Waals surface area contributed by atoms with Crippen molar-refractivity contribution in [2.45, 2.75) is 39.7 Å². The molecule has 0 aliphatic heterocycles.